The summed E-state index contributed by atoms with van der Waals surface area (Å²) in [5.74, 6) is -1.24. The highest BCUT2D eigenvalue weighted by Crippen LogP contribution is 2.27. The van der Waals surface area contributed by atoms with E-state index in [9.17, 15) is 23.3 Å². The van der Waals surface area contributed by atoms with Gasteiger partial charge in [0.05, 0.1) is 29.6 Å². The van der Waals surface area contributed by atoms with E-state index in [1.807, 2.05) is 18.2 Å². The number of nitrogens with zero attached hydrogens (tertiary/aromatic N) is 3. The van der Waals surface area contributed by atoms with E-state index in [1.54, 1.807) is 59.8 Å². The van der Waals surface area contributed by atoms with Crippen LogP contribution >= 0.6 is 0 Å². The number of nitriles is 1. The lowest BCUT2D eigenvalue weighted by molar-refractivity contribution is -0.135. The van der Waals surface area contributed by atoms with Crippen molar-refractivity contribution < 1.29 is 22.7 Å². The third kappa shape index (κ3) is 6.99. The summed E-state index contributed by atoms with van der Waals surface area (Å²) in [6.07, 6.45) is 4.13. The van der Waals surface area contributed by atoms with Gasteiger partial charge in [-0.15, -0.1) is 0 Å². The van der Waals surface area contributed by atoms with E-state index in [0.29, 0.717) is 29.7 Å². The third-order valence-corrected chi connectivity index (χ3v) is 8.94. The molecule has 2 amide bonds. The van der Waals surface area contributed by atoms with Crippen molar-refractivity contribution >= 4 is 32.6 Å². The van der Waals surface area contributed by atoms with E-state index in [1.165, 1.54) is 19.2 Å². The Morgan fingerprint density at radius 3 is 2.67 bits per heavy atom. The number of hydrogen-bond donors (Lipinski definition) is 2. The molecule has 2 heterocycles. The summed E-state index contributed by atoms with van der Waals surface area (Å²) in [5.41, 5.74) is 2.17. The summed E-state index contributed by atoms with van der Waals surface area (Å²) in [4.78, 5) is 32.8. The van der Waals surface area contributed by atoms with Crippen molar-refractivity contribution in [3.05, 3.63) is 102 Å². The molecule has 220 valence electrons. The Balaban J connectivity index is 1.38. The Labute approximate surface area is 250 Å². The van der Waals surface area contributed by atoms with Crippen LogP contribution in [0.25, 0.3) is 10.8 Å². The predicted molar refractivity (Wildman–Crippen MR) is 160 cm³/mol. The van der Waals surface area contributed by atoms with Gasteiger partial charge < -0.3 is 15.0 Å². The summed E-state index contributed by atoms with van der Waals surface area (Å²) >= 11 is 0. The lowest BCUT2D eigenvalue weighted by Gasteiger charge is -2.24. The molecule has 1 aliphatic heterocycles. The zero-order valence-electron chi connectivity index (χ0n) is 23.6. The minimum absolute atomic E-state index is 0.0305. The van der Waals surface area contributed by atoms with Gasteiger partial charge in [-0.3, -0.25) is 14.6 Å². The molecule has 1 aliphatic rings. The number of aromatic nitrogens is 1. The maximum Gasteiger partial charge on any atom is 0.241 e. The highest BCUT2D eigenvalue weighted by atomic mass is 32.2. The molecule has 5 rings (SSSR count). The van der Waals surface area contributed by atoms with E-state index in [0.717, 1.165) is 16.5 Å². The summed E-state index contributed by atoms with van der Waals surface area (Å²) in [6.45, 7) is 0.834. The van der Waals surface area contributed by atoms with Crippen molar-refractivity contribution in [2.24, 2.45) is 5.92 Å². The van der Waals surface area contributed by atoms with E-state index >= 15 is 0 Å². The third-order valence-electron chi connectivity index (χ3n) is 7.50. The molecule has 43 heavy (non-hydrogen) atoms. The molecule has 0 saturated carbocycles. The summed E-state index contributed by atoms with van der Waals surface area (Å²) in [5, 5.41) is 13.5. The number of fused-ring (bicyclic) bond motifs is 1. The van der Waals surface area contributed by atoms with Crippen LogP contribution in [0.5, 0.6) is 5.75 Å². The smallest absolute Gasteiger partial charge is 0.241 e. The van der Waals surface area contributed by atoms with E-state index < -0.39 is 27.9 Å². The quantitative estimate of drug-likeness (QED) is 0.271. The van der Waals surface area contributed by atoms with Gasteiger partial charge in [-0.1, -0.05) is 30.3 Å². The Kier molecular flexibility index (Phi) is 8.99. The Morgan fingerprint density at radius 2 is 1.91 bits per heavy atom. The van der Waals surface area contributed by atoms with Crippen molar-refractivity contribution in [3.8, 4) is 11.8 Å². The largest absolute Gasteiger partial charge is 0.497 e. The second-order valence-corrected chi connectivity index (χ2v) is 12.1. The molecule has 0 aliphatic carbocycles. The average molecular weight is 598 g/mol. The molecule has 11 heteroatoms. The van der Waals surface area contributed by atoms with E-state index in [4.69, 9.17) is 4.74 Å². The Morgan fingerprint density at radius 1 is 1.09 bits per heavy atom. The van der Waals surface area contributed by atoms with Crippen molar-refractivity contribution in [3.63, 3.8) is 0 Å². The van der Waals surface area contributed by atoms with Crippen LogP contribution in [-0.4, -0.2) is 56.4 Å². The highest BCUT2D eigenvalue weighted by Gasteiger charge is 2.42. The SMILES string of the molecule is COc1ccc2ccc(S(=O)(=O)NC(C(=O)NCCc3cccnc3)[C@@H]3CCN(Cc4cccc(C#N)c4)C3=O)cc2c1. The van der Waals surface area contributed by atoms with Gasteiger partial charge in [-0.05, 0) is 77.2 Å². The molecular formula is C32H31N5O5S. The van der Waals surface area contributed by atoms with Gasteiger partial charge in [-0.2, -0.15) is 9.98 Å². The number of carbonyl (C=O) groups is 2. The summed E-state index contributed by atoms with van der Waals surface area (Å²) in [7, 11) is -2.68. The molecular weight excluding hydrogens is 566 g/mol. The first-order valence-electron chi connectivity index (χ1n) is 13.8. The second kappa shape index (κ2) is 13.0. The molecule has 4 aromatic rings. The van der Waals surface area contributed by atoms with Crippen molar-refractivity contribution in [1.29, 1.82) is 5.26 Å². The first-order chi connectivity index (χ1) is 20.8. The fourth-order valence-electron chi connectivity index (χ4n) is 5.23. The number of amides is 2. The molecule has 1 aromatic heterocycles. The van der Waals surface area contributed by atoms with Gasteiger partial charge in [0.25, 0.3) is 0 Å². The molecule has 1 unspecified atom stereocenters. The predicted octanol–water partition coefficient (Wildman–Crippen LogP) is 3.17. The Bertz CT molecular complexity index is 1790. The number of methoxy groups -OCH3 is 1. The highest BCUT2D eigenvalue weighted by molar-refractivity contribution is 7.89. The van der Waals surface area contributed by atoms with Gasteiger partial charge in [0.15, 0.2) is 0 Å². The standard InChI is InChI=1S/C32H31N5O5S/c1-42-27-9-7-25-8-10-28(18-26(25)17-27)43(40,41)36-30(31(38)35-14-11-22-6-3-13-34-20-22)29-12-15-37(32(29)39)21-24-5-2-4-23(16-24)19-33/h2-10,13,16-18,20,29-30,36H,11-12,14-15,21H2,1H3,(H,35,38)/t29-,30?/m0/s1. The average Bonchev–Trinajstić information content (AvgIpc) is 3.38. The number of ether oxygens (including phenoxy) is 1. The zero-order chi connectivity index (χ0) is 30.4. The number of likely N-dealkylation sites (tertiary alicyclic amines) is 1. The number of nitrogens with one attached hydrogen (secondary N) is 2. The van der Waals surface area contributed by atoms with Crippen LogP contribution < -0.4 is 14.8 Å². The van der Waals surface area contributed by atoms with Crippen LogP contribution in [-0.2, 0) is 32.6 Å². The van der Waals surface area contributed by atoms with Crippen LogP contribution in [0, 0.1) is 17.2 Å². The molecule has 0 spiro atoms. The number of pyridine rings is 1. The monoisotopic (exact) mass is 597 g/mol. The fraction of sp³-hybridized carbons (Fsp3) is 0.250. The lowest BCUT2D eigenvalue weighted by atomic mass is 9.98. The van der Waals surface area contributed by atoms with E-state index in [2.05, 4.69) is 21.1 Å². The van der Waals surface area contributed by atoms with Crippen LogP contribution in [0.3, 0.4) is 0 Å². The van der Waals surface area contributed by atoms with E-state index in [-0.39, 0.29) is 30.3 Å². The molecule has 2 atom stereocenters. The first kappa shape index (κ1) is 29.7. The van der Waals surface area contributed by atoms with Crippen molar-refractivity contribution in [1.82, 2.24) is 19.9 Å². The van der Waals surface area contributed by atoms with Crippen LogP contribution in [0.15, 0.2) is 90.1 Å². The molecule has 0 bridgehead atoms. The van der Waals surface area contributed by atoms with Crippen LogP contribution in [0.4, 0.5) is 0 Å². The maximum absolute atomic E-state index is 13.7. The molecule has 3 aromatic carbocycles. The minimum atomic E-state index is -4.21. The number of rotatable bonds is 11. The molecule has 2 N–H and O–H groups in total. The van der Waals surface area contributed by atoms with Gasteiger partial charge in [0.1, 0.15) is 11.8 Å². The molecule has 0 radical (unpaired) electrons. The number of sulfonamides is 1. The van der Waals surface area contributed by atoms with Crippen molar-refractivity contribution in [2.75, 3.05) is 20.2 Å². The normalized spacial score (nSPS) is 15.7. The zero-order valence-corrected chi connectivity index (χ0v) is 24.4. The minimum Gasteiger partial charge on any atom is -0.497 e. The number of hydrogen-bond acceptors (Lipinski definition) is 7. The molecule has 10 nitrogen and oxygen atoms in total. The molecule has 1 saturated heterocycles. The van der Waals surface area contributed by atoms with Gasteiger partial charge in [0, 0.05) is 32.0 Å². The lowest BCUT2D eigenvalue weighted by Crippen LogP contribution is -2.53. The summed E-state index contributed by atoms with van der Waals surface area (Å²) < 4.78 is 35.2. The first-order valence-corrected chi connectivity index (χ1v) is 15.3. The van der Waals surface area contributed by atoms with Crippen LogP contribution in [0.2, 0.25) is 0 Å². The van der Waals surface area contributed by atoms with Crippen LogP contribution in [0.1, 0.15) is 23.1 Å². The molecule has 1 fully saturated rings. The van der Waals surface area contributed by atoms with Crippen molar-refractivity contribution in [2.45, 2.75) is 30.3 Å². The fourth-order valence-corrected chi connectivity index (χ4v) is 6.50. The topological polar surface area (TPSA) is 141 Å². The summed E-state index contributed by atoms with van der Waals surface area (Å²) in [6, 6.07) is 21.4. The Hall–Kier alpha value is -4.79. The number of benzene rings is 3. The number of carbonyl (C=O) groups excluding carboxylic acids is 2. The van der Waals surface area contributed by atoms with Gasteiger partial charge in [-0.25, -0.2) is 8.42 Å². The second-order valence-electron chi connectivity index (χ2n) is 10.3. The maximum atomic E-state index is 13.7. The van der Waals surface area contributed by atoms with Gasteiger partial charge >= 0.3 is 0 Å². The van der Waals surface area contributed by atoms with Gasteiger partial charge in [0.2, 0.25) is 21.8 Å².